The van der Waals surface area contributed by atoms with E-state index in [9.17, 15) is 9.59 Å². The molecule has 1 aromatic rings. The van der Waals surface area contributed by atoms with Crippen LogP contribution < -0.4 is 11.1 Å². The number of aryl methyl sites for hydroxylation is 1. The Bertz CT molecular complexity index is 498. The van der Waals surface area contributed by atoms with E-state index in [1.54, 1.807) is 39.0 Å². The lowest BCUT2D eigenvalue weighted by molar-refractivity contribution is -0.151. The Hall–Kier alpha value is -2.04. The number of amides is 1. The second-order valence-electron chi connectivity index (χ2n) is 5.17. The van der Waals surface area contributed by atoms with Gasteiger partial charge in [-0.25, -0.2) is 0 Å². The van der Waals surface area contributed by atoms with Crippen LogP contribution in [-0.4, -0.2) is 24.5 Å². The normalized spacial score (nSPS) is 12.1. The molecule has 0 fully saturated rings. The largest absolute Gasteiger partial charge is 0.463 e. The summed E-state index contributed by atoms with van der Waals surface area (Å²) in [7, 11) is 0. The van der Waals surface area contributed by atoms with Crippen molar-refractivity contribution in [2.75, 3.05) is 12.3 Å². The van der Waals surface area contributed by atoms with Gasteiger partial charge in [-0.15, -0.1) is 0 Å². The molecule has 0 bridgehead atoms. The molecule has 0 aromatic heterocycles. The molecule has 0 aliphatic heterocycles. The number of hydrogen-bond acceptors (Lipinski definition) is 4. The van der Waals surface area contributed by atoms with E-state index in [2.05, 4.69) is 5.32 Å². The summed E-state index contributed by atoms with van der Waals surface area (Å²) >= 11 is 0. The van der Waals surface area contributed by atoms with Gasteiger partial charge in [-0.3, -0.25) is 9.59 Å². The standard InChI is InChI=1S/C15H22N2O3/c1-9(2)20-15(19)11(4)8-17-14(18)13-7-12(16)6-5-10(13)3/h5-7,9,11H,8,16H2,1-4H3,(H,17,18). The van der Waals surface area contributed by atoms with Gasteiger partial charge in [0, 0.05) is 17.8 Å². The number of nitrogens with one attached hydrogen (secondary N) is 1. The second kappa shape index (κ2) is 6.93. The van der Waals surface area contributed by atoms with Gasteiger partial charge in [-0.05, 0) is 38.5 Å². The van der Waals surface area contributed by atoms with E-state index < -0.39 is 0 Å². The highest BCUT2D eigenvalue weighted by molar-refractivity contribution is 5.96. The monoisotopic (exact) mass is 278 g/mol. The fourth-order valence-corrected chi connectivity index (χ4v) is 1.66. The van der Waals surface area contributed by atoms with Crippen molar-refractivity contribution < 1.29 is 14.3 Å². The highest BCUT2D eigenvalue weighted by Gasteiger charge is 2.17. The molecular weight excluding hydrogens is 256 g/mol. The van der Waals surface area contributed by atoms with Crippen molar-refractivity contribution in [2.24, 2.45) is 5.92 Å². The SMILES string of the molecule is Cc1ccc(N)cc1C(=O)NCC(C)C(=O)OC(C)C. The van der Waals surface area contributed by atoms with Crippen LogP contribution in [-0.2, 0) is 9.53 Å². The smallest absolute Gasteiger partial charge is 0.310 e. The minimum Gasteiger partial charge on any atom is -0.463 e. The first-order valence-corrected chi connectivity index (χ1v) is 6.66. The first kappa shape index (κ1) is 16.0. The lowest BCUT2D eigenvalue weighted by Gasteiger charge is -2.15. The Kier molecular flexibility index (Phi) is 5.55. The Labute approximate surface area is 119 Å². The topological polar surface area (TPSA) is 81.4 Å². The van der Waals surface area contributed by atoms with Gasteiger partial charge in [0.2, 0.25) is 0 Å². The average molecular weight is 278 g/mol. The molecule has 0 saturated carbocycles. The molecule has 20 heavy (non-hydrogen) atoms. The molecule has 1 unspecified atom stereocenters. The quantitative estimate of drug-likeness (QED) is 0.636. The fourth-order valence-electron chi connectivity index (χ4n) is 1.66. The molecule has 5 heteroatoms. The first-order chi connectivity index (χ1) is 9.31. The zero-order valence-electron chi connectivity index (χ0n) is 12.4. The Morgan fingerprint density at radius 2 is 1.95 bits per heavy atom. The summed E-state index contributed by atoms with van der Waals surface area (Å²) in [5.74, 6) is -0.939. The van der Waals surface area contributed by atoms with Crippen LogP contribution in [0.1, 0.15) is 36.7 Å². The molecule has 1 aromatic carbocycles. The minimum atomic E-state index is -0.386. The predicted octanol–water partition coefficient (Wildman–Crippen LogP) is 1.89. The van der Waals surface area contributed by atoms with Gasteiger partial charge in [-0.1, -0.05) is 13.0 Å². The third kappa shape index (κ3) is 4.57. The van der Waals surface area contributed by atoms with Crippen LogP contribution in [0.4, 0.5) is 5.69 Å². The molecule has 0 aliphatic carbocycles. The molecule has 1 amide bonds. The third-order valence-electron chi connectivity index (χ3n) is 2.83. The first-order valence-electron chi connectivity index (χ1n) is 6.66. The van der Waals surface area contributed by atoms with E-state index in [0.29, 0.717) is 11.3 Å². The number of hydrogen-bond donors (Lipinski definition) is 2. The summed E-state index contributed by atoms with van der Waals surface area (Å²) < 4.78 is 5.08. The van der Waals surface area contributed by atoms with Gasteiger partial charge in [0.05, 0.1) is 12.0 Å². The number of nitrogen functional groups attached to an aromatic ring is 1. The number of rotatable bonds is 5. The Balaban J connectivity index is 2.59. The number of ether oxygens (including phenoxy) is 1. The lowest BCUT2D eigenvalue weighted by atomic mass is 10.1. The number of esters is 1. The average Bonchev–Trinajstić information content (AvgIpc) is 2.37. The molecule has 0 saturated heterocycles. The van der Waals surface area contributed by atoms with E-state index in [4.69, 9.17) is 10.5 Å². The third-order valence-corrected chi connectivity index (χ3v) is 2.83. The summed E-state index contributed by atoms with van der Waals surface area (Å²) in [6.07, 6.45) is -0.156. The van der Waals surface area contributed by atoms with Crippen molar-refractivity contribution in [3.63, 3.8) is 0 Å². The molecule has 0 spiro atoms. The van der Waals surface area contributed by atoms with Crippen LogP contribution in [0.2, 0.25) is 0 Å². The summed E-state index contributed by atoms with van der Waals surface area (Å²) in [5, 5.41) is 2.73. The van der Waals surface area contributed by atoms with Crippen molar-refractivity contribution in [1.82, 2.24) is 5.32 Å². The number of nitrogens with two attached hydrogens (primary N) is 1. The fraction of sp³-hybridized carbons (Fsp3) is 0.467. The van der Waals surface area contributed by atoms with Gasteiger partial charge in [0.15, 0.2) is 0 Å². The number of benzene rings is 1. The Morgan fingerprint density at radius 1 is 1.30 bits per heavy atom. The summed E-state index contributed by atoms with van der Waals surface area (Å²) in [5.41, 5.74) is 7.57. The molecule has 5 nitrogen and oxygen atoms in total. The highest BCUT2D eigenvalue weighted by Crippen LogP contribution is 2.12. The van der Waals surface area contributed by atoms with Crippen molar-refractivity contribution in [2.45, 2.75) is 33.8 Å². The van der Waals surface area contributed by atoms with E-state index >= 15 is 0 Å². The van der Waals surface area contributed by atoms with Crippen LogP contribution in [0.3, 0.4) is 0 Å². The molecule has 110 valence electrons. The van der Waals surface area contributed by atoms with E-state index in [0.717, 1.165) is 5.56 Å². The van der Waals surface area contributed by atoms with Crippen molar-refractivity contribution in [3.05, 3.63) is 29.3 Å². The van der Waals surface area contributed by atoms with Crippen LogP contribution in [0.15, 0.2) is 18.2 Å². The van der Waals surface area contributed by atoms with Crippen LogP contribution in [0.5, 0.6) is 0 Å². The molecule has 0 aliphatic rings. The zero-order chi connectivity index (χ0) is 15.3. The van der Waals surface area contributed by atoms with Gasteiger partial charge in [-0.2, -0.15) is 0 Å². The van der Waals surface area contributed by atoms with Gasteiger partial charge < -0.3 is 15.8 Å². The van der Waals surface area contributed by atoms with Gasteiger partial charge in [0.25, 0.3) is 5.91 Å². The number of carbonyl (C=O) groups is 2. The van der Waals surface area contributed by atoms with Crippen LogP contribution >= 0.6 is 0 Å². The maximum Gasteiger partial charge on any atom is 0.310 e. The van der Waals surface area contributed by atoms with Gasteiger partial charge in [0.1, 0.15) is 0 Å². The lowest BCUT2D eigenvalue weighted by Crippen LogP contribution is -2.33. The van der Waals surface area contributed by atoms with Crippen molar-refractivity contribution in [1.29, 1.82) is 0 Å². The van der Waals surface area contributed by atoms with Crippen molar-refractivity contribution in [3.8, 4) is 0 Å². The van der Waals surface area contributed by atoms with Crippen LogP contribution in [0.25, 0.3) is 0 Å². The molecular formula is C15H22N2O3. The summed E-state index contributed by atoms with van der Waals surface area (Å²) in [6.45, 7) is 7.37. The van der Waals surface area contributed by atoms with Gasteiger partial charge >= 0.3 is 5.97 Å². The number of carbonyl (C=O) groups excluding carboxylic acids is 2. The van der Waals surface area contributed by atoms with E-state index in [-0.39, 0.29) is 30.4 Å². The minimum absolute atomic E-state index is 0.156. The number of anilines is 1. The highest BCUT2D eigenvalue weighted by atomic mass is 16.5. The van der Waals surface area contributed by atoms with Crippen molar-refractivity contribution >= 4 is 17.6 Å². The summed E-state index contributed by atoms with van der Waals surface area (Å²) in [4.78, 5) is 23.7. The second-order valence-corrected chi connectivity index (χ2v) is 5.17. The van der Waals surface area contributed by atoms with Crippen LogP contribution in [0, 0.1) is 12.8 Å². The Morgan fingerprint density at radius 3 is 2.55 bits per heavy atom. The molecule has 0 radical (unpaired) electrons. The molecule has 3 N–H and O–H groups in total. The maximum atomic E-state index is 12.0. The summed E-state index contributed by atoms with van der Waals surface area (Å²) in [6, 6.07) is 5.16. The molecule has 1 rings (SSSR count). The van der Waals surface area contributed by atoms with E-state index in [1.165, 1.54) is 0 Å². The predicted molar refractivity (Wildman–Crippen MR) is 78.3 cm³/mol. The molecule has 0 heterocycles. The molecule has 1 atom stereocenters. The maximum absolute atomic E-state index is 12.0. The van der Waals surface area contributed by atoms with E-state index in [1.807, 2.05) is 6.92 Å². The zero-order valence-corrected chi connectivity index (χ0v) is 12.4.